The van der Waals surface area contributed by atoms with E-state index in [1.165, 1.54) is 0 Å². The van der Waals surface area contributed by atoms with Gasteiger partial charge in [-0.15, -0.1) is 0 Å². The smallest absolute Gasteiger partial charge is 0.0998 e. The molecule has 0 N–H and O–H groups in total. The van der Waals surface area contributed by atoms with Crippen LogP contribution >= 0.6 is 0 Å². The first-order chi connectivity index (χ1) is 18.6. The fourth-order valence-electron chi connectivity index (χ4n) is 5.21. The van der Waals surface area contributed by atoms with Gasteiger partial charge in [0, 0.05) is 40.0 Å². The molecule has 176 valence electrons. The fraction of sp³-hybridized carbons (Fsp3) is 0.0303. The number of rotatable bonds is 3. The molecule has 0 bridgehead atoms. The summed E-state index contributed by atoms with van der Waals surface area (Å²) >= 11 is 0. The van der Waals surface area contributed by atoms with E-state index in [0.29, 0.717) is 16.7 Å². The Kier molecular flexibility index (Phi) is 5.43. The topological polar surface area (TPSA) is 89.2 Å². The van der Waals surface area contributed by atoms with Gasteiger partial charge in [0.1, 0.15) is 0 Å². The van der Waals surface area contributed by atoms with Gasteiger partial charge in [0.2, 0.25) is 0 Å². The molecule has 5 heteroatoms. The second kappa shape index (κ2) is 9.07. The Balaban J connectivity index is 1.76. The number of para-hydroxylation sites is 2. The minimum absolute atomic E-state index is 0.438. The lowest BCUT2D eigenvalue weighted by Gasteiger charge is -2.17. The van der Waals surface area contributed by atoms with E-state index in [4.69, 9.17) is 0 Å². The molecule has 0 fully saturated rings. The SMILES string of the molecule is Cc1cc(C#N)c(-c2ccncc2)cc1-n1c2ccccc2c2cccc(-c3cc(C#N)cc(C#N)c3)c21. The van der Waals surface area contributed by atoms with Crippen LogP contribution in [0.1, 0.15) is 22.3 Å². The largest absolute Gasteiger partial charge is 0.308 e. The van der Waals surface area contributed by atoms with Crippen molar-refractivity contribution >= 4 is 21.8 Å². The first kappa shape index (κ1) is 22.7. The van der Waals surface area contributed by atoms with Crippen LogP contribution in [-0.4, -0.2) is 9.55 Å². The van der Waals surface area contributed by atoms with Crippen LogP contribution in [0.4, 0.5) is 0 Å². The zero-order valence-electron chi connectivity index (χ0n) is 20.5. The van der Waals surface area contributed by atoms with Gasteiger partial charge >= 0.3 is 0 Å². The highest BCUT2D eigenvalue weighted by Crippen LogP contribution is 2.40. The highest BCUT2D eigenvalue weighted by atomic mass is 15.0. The Morgan fingerprint density at radius 1 is 0.658 bits per heavy atom. The van der Waals surface area contributed by atoms with Crippen LogP contribution in [0.5, 0.6) is 0 Å². The Bertz CT molecular complexity index is 1980. The second-order valence-corrected chi connectivity index (χ2v) is 9.11. The maximum Gasteiger partial charge on any atom is 0.0998 e. The lowest BCUT2D eigenvalue weighted by atomic mass is 9.96. The normalized spacial score (nSPS) is 10.7. The Morgan fingerprint density at radius 2 is 1.37 bits per heavy atom. The molecule has 0 aliphatic rings. The number of aryl methyl sites for hydroxylation is 1. The molecule has 0 saturated heterocycles. The quantitative estimate of drug-likeness (QED) is 0.261. The zero-order valence-corrected chi connectivity index (χ0v) is 20.5. The summed E-state index contributed by atoms with van der Waals surface area (Å²) in [7, 11) is 0. The summed E-state index contributed by atoms with van der Waals surface area (Å²) in [4.78, 5) is 4.14. The third-order valence-electron chi connectivity index (χ3n) is 6.89. The summed E-state index contributed by atoms with van der Waals surface area (Å²) in [6, 6.07) is 34.2. The van der Waals surface area contributed by atoms with Gasteiger partial charge in [0.05, 0.1) is 45.9 Å². The minimum Gasteiger partial charge on any atom is -0.308 e. The number of pyridine rings is 1. The third kappa shape index (κ3) is 3.58. The van der Waals surface area contributed by atoms with Crippen LogP contribution in [-0.2, 0) is 0 Å². The molecule has 0 aliphatic carbocycles. The van der Waals surface area contributed by atoms with Crippen molar-refractivity contribution in [1.82, 2.24) is 9.55 Å². The first-order valence-electron chi connectivity index (χ1n) is 12.1. The molecule has 5 nitrogen and oxygen atoms in total. The predicted molar refractivity (Wildman–Crippen MR) is 148 cm³/mol. The number of nitrogens with zero attached hydrogens (tertiary/aromatic N) is 5. The molecule has 0 radical (unpaired) electrons. The highest BCUT2D eigenvalue weighted by molar-refractivity contribution is 6.14. The second-order valence-electron chi connectivity index (χ2n) is 9.11. The number of aromatic nitrogens is 2. The van der Waals surface area contributed by atoms with Crippen LogP contribution in [0, 0.1) is 40.9 Å². The van der Waals surface area contributed by atoms with Gasteiger partial charge < -0.3 is 4.57 Å². The van der Waals surface area contributed by atoms with Gasteiger partial charge in [-0.2, -0.15) is 15.8 Å². The molecular formula is C33H19N5. The van der Waals surface area contributed by atoms with E-state index in [1.54, 1.807) is 18.5 Å². The van der Waals surface area contributed by atoms with Gasteiger partial charge in [-0.1, -0.05) is 36.4 Å². The first-order valence-corrected chi connectivity index (χ1v) is 12.1. The van der Waals surface area contributed by atoms with Gasteiger partial charge in [0.15, 0.2) is 0 Å². The molecule has 0 aliphatic heterocycles. The predicted octanol–water partition coefficient (Wildman–Crippen LogP) is 7.44. The van der Waals surface area contributed by atoms with Crippen molar-refractivity contribution < 1.29 is 0 Å². The Labute approximate surface area is 219 Å². The summed E-state index contributed by atoms with van der Waals surface area (Å²) in [5.41, 5.74) is 8.85. The van der Waals surface area contributed by atoms with Crippen LogP contribution in [0.25, 0.3) is 49.7 Å². The summed E-state index contributed by atoms with van der Waals surface area (Å²) in [5, 5.41) is 31.3. The summed E-state index contributed by atoms with van der Waals surface area (Å²) < 4.78 is 2.23. The van der Waals surface area contributed by atoms with Crippen LogP contribution in [0.15, 0.2) is 97.3 Å². The summed E-state index contributed by atoms with van der Waals surface area (Å²) in [6.45, 7) is 2.01. The lowest BCUT2D eigenvalue weighted by Crippen LogP contribution is -2.01. The van der Waals surface area contributed by atoms with Crippen LogP contribution in [0.3, 0.4) is 0 Å². The van der Waals surface area contributed by atoms with Crippen LogP contribution < -0.4 is 0 Å². The molecule has 38 heavy (non-hydrogen) atoms. The average molecular weight is 486 g/mol. The number of hydrogen-bond acceptors (Lipinski definition) is 4. The Morgan fingerprint density at radius 3 is 2.08 bits per heavy atom. The van der Waals surface area contributed by atoms with E-state index in [9.17, 15) is 15.8 Å². The van der Waals surface area contributed by atoms with E-state index in [2.05, 4.69) is 52.0 Å². The monoisotopic (exact) mass is 485 g/mol. The maximum absolute atomic E-state index is 9.94. The fourth-order valence-corrected chi connectivity index (χ4v) is 5.21. The molecular weight excluding hydrogens is 466 g/mol. The van der Waals surface area contributed by atoms with Gasteiger partial charge in [0.25, 0.3) is 0 Å². The third-order valence-corrected chi connectivity index (χ3v) is 6.89. The minimum atomic E-state index is 0.438. The van der Waals surface area contributed by atoms with Crippen molar-refractivity contribution in [2.75, 3.05) is 0 Å². The molecule has 2 heterocycles. The van der Waals surface area contributed by atoms with Gasteiger partial charge in [-0.25, -0.2) is 0 Å². The van der Waals surface area contributed by atoms with E-state index < -0.39 is 0 Å². The van der Waals surface area contributed by atoms with E-state index in [1.807, 2.05) is 61.5 Å². The molecule has 0 spiro atoms. The molecule has 0 unspecified atom stereocenters. The standard InChI is InChI=1S/C33H19N5/c1-21-13-26(20-36)30(24-9-11-37-12-10-24)17-32(21)38-31-8-3-2-5-28(31)29-7-4-6-27(33(29)38)25-15-22(18-34)14-23(16-25)19-35/h2-17H,1H3. The zero-order chi connectivity index (χ0) is 26.2. The van der Waals surface area contributed by atoms with Crippen molar-refractivity contribution in [2.24, 2.45) is 0 Å². The van der Waals surface area contributed by atoms with E-state index >= 15 is 0 Å². The van der Waals surface area contributed by atoms with Crippen molar-refractivity contribution in [3.8, 4) is 46.1 Å². The molecule has 6 rings (SSSR count). The molecule has 0 atom stereocenters. The van der Waals surface area contributed by atoms with E-state index in [-0.39, 0.29) is 0 Å². The Hall–Kier alpha value is -5.70. The highest BCUT2D eigenvalue weighted by Gasteiger charge is 2.19. The van der Waals surface area contributed by atoms with Gasteiger partial charge in [-0.05, 0) is 72.1 Å². The van der Waals surface area contributed by atoms with Crippen molar-refractivity contribution in [1.29, 1.82) is 15.8 Å². The molecule has 6 aromatic rings. The molecule has 0 amide bonds. The van der Waals surface area contributed by atoms with Crippen molar-refractivity contribution in [3.05, 3.63) is 120 Å². The van der Waals surface area contributed by atoms with Crippen molar-refractivity contribution in [2.45, 2.75) is 6.92 Å². The van der Waals surface area contributed by atoms with Gasteiger partial charge in [-0.3, -0.25) is 4.98 Å². The van der Waals surface area contributed by atoms with Crippen LogP contribution in [0.2, 0.25) is 0 Å². The summed E-state index contributed by atoms with van der Waals surface area (Å²) in [6.07, 6.45) is 3.45. The maximum atomic E-state index is 9.94. The number of benzene rings is 4. The molecule has 0 saturated carbocycles. The lowest BCUT2D eigenvalue weighted by molar-refractivity contribution is 1.15. The average Bonchev–Trinajstić information content (AvgIpc) is 3.31. The summed E-state index contributed by atoms with van der Waals surface area (Å²) in [5.74, 6) is 0. The number of hydrogen-bond donors (Lipinski definition) is 0. The van der Waals surface area contributed by atoms with Crippen molar-refractivity contribution in [3.63, 3.8) is 0 Å². The molecule has 2 aromatic heterocycles. The van der Waals surface area contributed by atoms with E-state index in [0.717, 1.165) is 55.3 Å². The molecule has 4 aromatic carbocycles. The number of nitriles is 3. The number of fused-ring (bicyclic) bond motifs is 3.